The molecule has 3 nitrogen and oxygen atoms in total. The van der Waals surface area contributed by atoms with Crippen LogP contribution in [0.15, 0.2) is 18.0 Å². The SMILES string of the molecule is C/C(O)=C(/O)c1cc(Cl)ncc1Cl. The maximum absolute atomic E-state index is 9.36. The van der Waals surface area contributed by atoms with Crippen molar-refractivity contribution in [1.82, 2.24) is 4.98 Å². The van der Waals surface area contributed by atoms with Crippen LogP contribution in [0.4, 0.5) is 0 Å². The van der Waals surface area contributed by atoms with Crippen molar-refractivity contribution in [2.24, 2.45) is 0 Å². The van der Waals surface area contributed by atoms with E-state index in [4.69, 9.17) is 28.3 Å². The fourth-order valence-corrected chi connectivity index (χ4v) is 1.14. The highest BCUT2D eigenvalue weighted by Gasteiger charge is 2.09. The minimum absolute atomic E-state index is 0.201. The number of hydrogen-bond acceptors (Lipinski definition) is 3. The molecule has 0 spiro atoms. The van der Waals surface area contributed by atoms with E-state index >= 15 is 0 Å². The van der Waals surface area contributed by atoms with E-state index in [0.717, 1.165) is 0 Å². The molecule has 13 heavy (non-hydrogen) atoms. The third-order valence-corrected chi connectivity index (χ3v) is 1.93. The van der Waals surface area contributed by atoms with Gasteiger partial charge in [0.1, 0.15) is 10.9 Å². The molecule has 5 heteroatoms. The monoisotopic (exact) mass is 219 g/mol. The van der Waals surface area contributed by atoms with Crippen molar-refractivity contribution >= 4 is 29.0 Å². The second-order valence-electron chi connectivity index (χ2n) is 2.42. The van der Waals surface area contributed by atoms with Crippen LogP contribution in [0.2, 0.25) is 10.2 Å². The molecule has 0 aliphatic carbocycles. The van der Waals surface area contributed by atoms with Crippen LogP contribution in [0, 0.1) is 0 Å². The highest BCUT2D eigenvalue weighted by atomic mass is 35.5. The summed E-state index contributed by atoms with van der Waals surface area (Å²) in [4.78, 5) is 3.70. The number of allylic oxidation sites excluding steroid dienone is 1. The average molecular weight is 220 g/mol. The van der Waals surface area contributed by atoms with Gasteiger partial charge < -0.3 is 10.2 Å². The van der Waals surface area contributed by atoms with Crippen molar-refractivity contribution < 1.29 is 10.2 Å². The molecule has 0 radical (unpaired) electrons. The summed E-state index contributed by atoms with van der Waals surface area (Å²) in [5.74, 6) is -0.515. The summed E-state index contributed by atoms with van der Waals surface area (Å²) in [5, 5.41) is 18.8. The molecule has 2 N–H and O–H groups in total. The first-order chi connectivity index (χ1) is 6.02. The van der Waals surface area contributed by atoms with Crippen molar-refractivity contribution in [2.45, 2.75) is 6.92 Å². The average Bonchev–Trinajstić information content (AvgIpc) is 2.08. The van der Waals surface area contributed by atoms with Gasteiger partial charge in [0, 0.05) is 11.8 Å². The van der Waals surface area contributed by atoms with Gasteiger partial charge in [-0.1, -0.05) is 23.2 Å². The van der Waals surface area contributed by atoms with E-state index in [9.17, 15) is 5.11 Å². The lowest BCUT2D eigenvalue weighted by Crippen LogP contribution is -1.90. The topological polar surface area (TPSA) is 53.4 Å². The van der Waals surface area contributed by atoms with Crippen LogP contribution in [-0.4, -0.2) is 15.2 Å². The van der Waals surface area contributed by atoms with Crippen molar-refractivity contribution in [3.05, 3.63) is 33.8 Å². The van der Waals surface area contributed by atoms with Gasteiger partial charge in [0.25, 0.3) is 0 Å². The summed E-state index contributed by atoms with van der Waals surface area (Å²) in [6.07, 6.45) is 1.30. The zero-order valence-corrected chi connectivity index (χ0v) is 8.26. The molecule has 0 amide bonds. The standard InChI is InChI=1S/C8H7Cl2NO2/c1-4(12)8(13)5-2-7(10)11-3-6(5)9/h2-3,12-13H,1H3/b8-4-. The third-order valence-electron chi connectivity index (χ3n) is 1.42. The predicted molar refractivity (Wildman–Crippen MR) is 52.1 cm³/mol. The number of pyridine rings is 1. The van der Waals surface area contributed by atoms with Gasteiger partial charge in [-0.3, -0.25) is 0 Å². The van der Waals surface area contributed by atoms with Crippen LogP contribution in [0.5, 0.6) is 0 Å². The van der Waals surface area contributed by atoms with E-state index in [1.165, 1.54) is 19.2 Å². The van der Waals surface area contributed by atoms with Gasteiger partial charge in [-0.15, -0.1) is 0 Å². The molecule has 0 fully saturated rings. The molecule has 0 saturated carbocycles. The van der Waals surface area contributed by atoms with Crippen molar-refractivity contribution in [3.8, 4) is 0 Å². The van der Waals surface area contributed by atoms with Crippen LogP contribution in [0.1, 0.15) is 12.5 Å². The van der Waals surface area contributed by atoms with E-state index in [2.05, 4.69) is 4.98 Å². The Labute approximate surface area is 85.3 Å². The van der Waals surface area contributed by atoms with Crippen LogP contribution < -0.4 is 0 Å². The number of halogens is 2. The Morgan fingerprint density at radius 1 is 1.38 bits per heavy atom. The van der Waals surface area contributed by atoms with E-state index < -0.39 is 0 Å². The molecule has 1 aromatic rings. The van der Waals surface area contributed by atoms with Gasteiger partial charge in [0.05, 0.1) is 5.02 Å². The number of aliphatic hydroxyl groups excluding tert-OH is 2. The first-order valence-electron chi connectivity index (χ1n) is 3.42. The molecule has 0 unspecified atom stereocenters. The molecule has 0 aliphatic rings. The Bertz CT molecular complexity index is 359. The van der Waals surface area contributed by atoms with Gasteiger partial charge in [-0.25, -0.2) is 4.98 Å². The van der Waals surface area contributed by atoms with Crippen LogP contribution in [-0.2, 0) is 0 Å². The molecule has 0 saturated heterocycles. The summed E-state index contributed by atoms with van der Waals surface area (Å²) >= 11 is 11.3. The smallest absolute Gasteiger partial charge is 0.161 e. The Morgan fingerprint density at radius 2 is 2.00 bits per heavy atom. The molecule has 1 rings (SSSR count). The molecule has 1 aromatic heterocycles. The van der Waals surface area contributed by atoms with E-state index in [0.29, 0.717) is 0 Å². The Kier molecular flexibility index (Phi) is 3.01. The quantitative estimate of drug-likeness (QED) is 0.564. The predicted octanol–water partition coefficient (Wildman–Crippen LogP) is 3.19. The minimum Gasteiger partial charge on any atom is -0.509 e. The highest BCUT2D eigenvalue weighted by molar-refractivity contribution is 6.33. The normalized spacial score (nSPS) is 12.5. The first-order valence-corrected chi connectivity index (χ1v) is 4.18. The summed E-state index contributed by atoms with van der Waals surface area (Å²) in [6, 6.07) is 1.37. The number of aromatic nitrogens is 1. The molecular formula is C8H7Cl2NO2. The number of rotatable bonds is 1. The van der Waals surface area contributed by atoms with Gasteiger partial charge >= 0.3 is 0 Å². The maximum Gasteiger partial charge on any atom is 0.161 e. The lowest BCUT2D eigenvalue weighted by atomic mass is 10.2. The first kappa shape index (κ1) is 10.2. The number of nitrogens with zero attached hydrogens (tertiary/aromatic N) is 1. The summed E-state index contributed by atoms with van der Waals surface area (Å²) in [5.41, 5.74) is 0.265. The Hall–Kier alpha value is -0.930. The summed E-state index contributed by atoms with van der Waals surface area (Å²) in [6.45, 7) is 1.35. The Morgan fingerprint density at radius 3 is 2.54 bits per heavy atom. The summed E-state index contributed by atoms with van der Waals surface area (Å²) < 4.78 is 0. The Balaban J connectivity index is 3.29. The molecular weight excluding hydrogens is 213 g/mol. The van der Waals surface area contributed by atoms with Gasteiger partial charge in [-0.05, 0) is 13.0 Å². The zero-order chi connectivity index (χ0) is 10.0. The minimum atomic E-state index is -0.297. The third kappa shape index (κ3) is 2.26. The van der Waals surface area contributed by atoms with Crippen LogP contribution in [0.25, 0.3) is 5.76 Å². The second-order valence-corrected chi connectivity index (χ2v) is 3.22. The maximum atomic E-state index is 9.36. The highest BCUT2D eigenvalue weighted by Crippen LogP contribution is 2.25. The van der Waals surface area contributed by atoms with Crippen LogP contribution >= 0.6 is 23.2 Å². The fraction of sp³-hybridized carbons (Fsp3) is 0.125. The second kappa shape index (κ2) is 3.85. The largest absolute Gasteiger partial charge is 0.509 e. The molecule has 1 heterocycles. The van der Waals surface area contributed by atoms with Gasteiger partial charge in [-0.2, -0.15) is 0 Å². The molecule has 70 valence electrons. The lowest BCUT2D eigenvalue weighted by molar-refractivity contribution is 0.383. The van der Waals surface area contributed by atoms with Gasteiger partial charge in [0.2, 0.25) is 0 Å². The number of hydrogen-bond donors (Lipinski definition) is 2. The van der Waals surface area contributed by atoms with E-state index in [1.807, 2.05) is 0 Å². The van der Waals surface area contributed by atoms with Crippen LogP contribution in [0.3, 0.4) is 0 Å². The fourth-order valence-electron chi connectivity index (χ4n) is 0.790. The zero-order valence-electron chi connectivity index (χ0n) is 6.75. The van der Waals surface area contributed by atoms with Crippen molar-refractivity contribution in [2.75, 3.05) is 0 Å². The molecule has 0 atom stereocenters. The van der Waals surface area contributed by atoms with Crippen molar-refractivity contribution in [1.29, 1.82) is 0 Å². The lowest BCUT2D eigenvalue weighted by Gasteiger charge is -2.03. The summed E-state index contributed by atoms with van der Waals surface area (Å²) in [7, 11) is 0. The number of aliphatic hydroxyl groups is 2. The molecule has 0 bridgehead atoms. The molecule has 0 aromatic carbocycles. The van der Waals surface area contributed by atoms with E-state index in [-0.39, 0.29) is 27.3 Å². The molecule has 0 aliphatic heterocycles. The van der Waals surface area contributed by atoms with E-state index in [1.54, 1.807) is 0 Å². The van der Waals surface area contributed by atoms with Crippen molar-refractivity contribution in [3.63, 3.8) is 0 Å². The van der Waals surface area contributed by atoms with Gasteiger partial charge in [0.15, 0.2) is 5.76 Å².